The molecule has 0 bridgehead atoms. The van der Waals surface area contributed by atoms with E-state index in [0.29, 0.717) is 23.5 Å². The summed E-state index contributed by atoms with van der Waals surface area (Å²) < 4.78 is 18.1. The Balaban J connectivity index is 2.32. The SMILES string of the molecule is CCOC(=O)CN(c1ccc(F)cc1)c1ccc(C=O)cc1. The van der Waals surface area contributed by atoms with Crippen molar-refractivity contribution in [3.8, 4) is 0 Å². The van der Waals surface area contributed by atoms with Crippen LogP contribution >= 0.6 is 0 Å². The predicted octanol–water partition coefficient (Wildman–Crippen LogP) is 3.34. The lowest BCUT2D eigenvalue weighted by Crippen LogP contribution is -2.26. The van der Waals surface area contributed by atoms with Crippen molar-refractivity contribution in [1.82, 2.24) is 0 Å². The second-order valence-corrected chi connectivity index (χ2v) is 4.58. The summed E-state index contributed by atoms with van der Waals surface area (Å²) >= 11 is 0. The van der Waals surface area contributed by atoms with Crippen LogP contribution in [-0.4, -0.2) is 25.4 Å². The fourth-order valence-corrected chi connectivity index (χ4v) is 2.02. The van der Waals surface area contributed by atoms with Crippen LogP contribution in [-0.2, 0) is 9.53 Å². The van der Waals surface area contributed by atoms with Crippen LogP contribution in [0.1, 0.15) is 17.3 Å². The largest absolute Gasteiger partial charge is 0.465 e. The average Bonchev–Trinajstić information content (AvgIpc) is 2.54. The molecule has 0 radical (unpaired) electrons. The van der Waals surface area contributed by atoms with Crippen molar-refractivity contribution in [3.63, 3.8) is 0 Å². The van der Waals surface area contributed by atoms with Gasteiger partial charge < -0.3 is 9.64 Å². The second kappa shape index (κ2) is 7.36. The molecule has 0 aliphatic carbocycles. The van der Waals surface area contributed by atoms with Gasteiger partial charge in [-0.15, -0.1) is 0 Å². The summed E-state index contributed by atoms with van der Waals surface area (Å²) in [6.45, 7) is 2.03. The van der Waals surface area contributed by atoms with E-state index >= 15 is 0 Å². The van der Waals surface area contributed by atoms with E-state index in [4.69, 9.17) is 4.74 Å². The van der Waals surface area contributed by atoms with Gasteiger partial charge >= 0.3 is 5.97 Å². The average molecular weight is 301 g/mol. The van der Waals surface area contributed by atoms with Gasteiger partial charge in [0.15, 0.2) is 0 Å². The van der Waals surface area contributed by atoms with Crippen LogP contribution in [0.2, 0.25) is 0 Å². The number of halogens is 1. The summed E-state index contributed by atoms with van der Waals surface area (Å²) in [6, 6.07) is 12.6. The smallest absolute Gasteiger partial charge is 0.325 e. The molecule has 0 aliphatic heterocycles. The van der Waals surface area contributed by atoms with Crippen molar-refractivity contribution >= 4 is 23.6 Å². The molecular weight excluding hydrogens is 285 g/mol. The molecule has 0 heterocycles. The Bertz CT molecular complexity index is 638. The molecule has 2 aromatic carbocycles. The Labute approximate surface area is 128 Å². The molecule has 0 saturated heterocycles. The number of carbonyl (C=O) groups excluding carboxylic acids is 2. The topological polar surface area (TPSA) is 46.6 Å². The summed E-state index contributed by atoms with van der Waals surface area (Å²) in [5, 5.41) is 0. The van der Waals surface area contributed by atoms with E-state index in [1.54, 1.807) is 48.2 Å². The number of anilines is 2. The van der Waals surface area contributed by atoms with Gasteiger partial charge in [0, 0.05) is 16.9 Å². The standard InChI is InChI=1S/C17H16FNO3/c1-2-22-17(21)11-19(16-9-5-14(18)6-10-16)15-7-3-13(12-20)4-8-15/h3-10,12H,2,11H2,1H3. The zero-order valence-corrected chi connectivity index (χ0v) is 12.2. The monoisotopic (exact) mass is 301 g/mol. The lowest BCUT2D eigenvalue weighted by atomic mass is 10.2. The minimum atomic E-state index is -0.383. The first-order valence-electron chi connectivity index (χ1n) is 6.88. The van der Waals surface area contributed by atoms with Gasteiger partial charge in [-0.1, -0.05) is 0 Å². The molecule has 0 amide bonds. The van der Waals surface area contributed by atoms with E-state index in [2.05, 4.69) is 0 Å². The Morgan fingerprint density at radius 1 is 1.09 bits per heavy atom. The number of aldehydes is 1. The Hall–Kier alpha value is -2.69. The minimum absolute atomic E-state index is 0.0000909. The highest BCUT2D eigenvalue weighted by Gasteiger charge is 2.14. The Morgan fingerprint density at radius 2 is 1.64 bits per heavy atom. The molecule has 0 aromatic heterocycles. The van der Waals surface area contributed by atoms with Gasteiger partial charge in [0.2, 0.25) is 0 Å². The van der Waals surface area contributed by atoms with Gasteiger partial charge in [0.05, 0.1) is 6.61 Å². The molecule has 0 spiro atoms. The van der Waals surface area contributed by atoms with Crippen LogP contribution in [0.5, 0.6) is 0 Å². The van der Waals surface area contributed by atoms with E-state index in [9.17, 15) is 14.0 Å². The summed E-state index contributed by atoms with van der Waals surface area (Å²) in [4.78, 5) is 24.2. The molecule has 0 saturated carbocycles. The fraction of sp³-hybridized carbons (Fsp3) is 0.176. The lowest BCUT2D eigenvalue weighted by Gasteiger charge is -2.24. The summed E-state index contributed by atoms with van der Waals surface area (Å²) in [5.74, 6) is -0.734. The third-order valence-corrected chi connectivity index (χ3v) is 3.07. The maximum Gasteiger partial charge on any atom is 0.325 e. The van der Waals surface area contributed by atoms with Crippen molar-refractivity contribution in [2.45, 2.75) is 6.92 Å². The number of hydrogen-bond acceptors (Lipinski definition) is 4. The Kier molecular flexibility index (Phi) is 5.25. The van der Waals surface area contributed by atoms with E-state index < -0.39 is 0 Å². The number of carbonyl (C=O) groups is 2. The maximum atomic E-state index is 13.1. The Morgan fingerprint density at radius 3 is 2.14 bits per heavy atom. The first-order chi connectivity index (χ1) is 10.6. The van der Waals surface area contributed by atoms with Crippen LogP contribution < -0.4 is 4.90 Å². The number of ether oxygens (including phenoxy) is 1. The molecule has 0 aliphatic rings. The van der Waals surface area contributed by atoms with Gasteiger partial charge in [-0.25, -0.2) is 4.39 Å². The minimum Gasteiger partial charge on any atom is -0.465 e. The molecule has 5 heteroatoms. The van der Waals surface area contributed by atoms with Crippen molar-refractivity contribution in [2.24, 2.45) is 0 Å². The molecule has 0 atom stereocenters. The van der Waals surface area contributed by atoms with E-state index in [1.165, 1.54) is 12.1 Å². The zero-order chi connectivity index (χ0) is 15.9. The van der Waals surface area contributed by atoms with Gasteiger partial charge in [0.1, 0.15) is 18.6 Å². The van der Waals surface area contributed by atoms with Crippen molar-refractivity contribution in [3.05, 3.63) is 59.9 Å². The molecular formula is C17H16FNO3. The summed E-state index contributed by atoms with van der Waals surface area (Å²) in [7, 11) is 0. The van der Waals surface area contributed by atoms with Crippen molar-refractivity contribution in [2.75, 3.05) is 18.1 Å². The highest BCUT2D eigenvalue weighted by molar-refractivity contribution is 5.81. The van der Waals surface area contributed by atoms with Gasteiger partial charge in [-0.3, -0.25) is 9.59 Å². The van der Waals surface area contributed by atoms with Gasteiger partial charge in [-0.2, -0.15) is 0 Å². The number of esters is 1. The molecule has 4 nitrogen and oxygen atoms in total. The second-order valence-electron chi connectivity index (χ2n) is 4.58. The van der Waals surface area contributed by atoms with Crippen LogP contribution in [0.3, 0.4) is 0 Å². The van der Waals surface area contributed by atoms with Crippen LogP contribution in [0, 0.1) is 5.82 Å². The van der Waals surface area contributed by atoms with Gasteiger partial charge in [-0.05, 0) is 55.5 Å². The third-order valence-electron chi connectivity index (χ3n) is 3.07. The number of nitrogens with zero attached hydrogens (tertiary/aromatic N) is 1. The zero-order valence-electron chi connectivity index (χ0n) is 12.2. The molecule has 0 fully saturated rings. The lowest BCUT2D eigenvalue weighted by molar-refractivity contribution is -0.141. The van der Waals surface area contributed by atoms with E-state index in [-0.39, 0.29) is 18.3 Å². The highest BCUT2D eigenvalue weighted by Crippen LogP contribution is 2.25. The molecule has 2 rings (SSSR count). The molecule has 114 valence electrons. The first-order valence-corrected chi connectivity index (χ1v) is 6.88. The van der Waals surface area contributed by atoms with E-state index in [1.807, 2.05) is 0 Å². The van der Waals surface area contributed by atoms with Crippen LogP contribution in [0.15, 0.2) is 48.5 Å². The summed E-state index contributed by atoms with van der Waals surface area (Å²) in [5.41, 5.74) is 1.91. The number of rotatable bonds is 6. The molecule has 0 unspecified atom stereocenters. The van der Waals surface area contributed by atoms with Gasteiger partial charge in [0.25, 0.3) is 0 Å². The molecule has 22 heavy (non-hydrogen) atoms. The number of benzene rings is 2. The van der Waals surface area contributed by atoms with Crippen LogP contribution in [0.25, 0.3) is 0 Å². The van der Waals surface area contributed by atoms with Crippen LogP contribution in [0.4, 0.5) is 15.8 Å². The van der Waals surface area contributed by atoms with Crippen molar-refractivity contribution < 1.29 is 18.7 Å². The molecule has 0 N–H and O–H groups in total. The quantitative estimate of drug-likeness (QED) is 0.606. The van der Waals surface area contributed by atoms with E-state index in [0.717, 1.165) is 6.29 Å². The highest BCUT2D eigenvalue weighted by atomic mass is 19.1. The first kappa shape index (κ1) is 15.7. The molecule has 2 aromatic rings. The fourth-order valence-electron chi connectivity index (χ4n) is 2.02. The predicted molar refractivity (Wildman–Crippen MR) is 81.9 cm³/mol. The summed E-state index contributed by atoms with van der Waals surface area (Å²) in [6.07, 6.45) is 0.747. The maximum absolute atomic E-state index is 13.1. The normalized spacial score (nSPS) is 10.1. The van der Waals surface area contributed by atoms with Crippen molar-refractivity contribution in [1.29, 1.82) is 0 Å². The third kappa shape index (κ3) is 3.91. The number of hydrogen-bond donors (Lipinski definition) is 0.